The first-order valence-corrected chi connectivity index (χ1v) is 11.0. The predicted octanol–water partition coefficient (Wildman–Crippen LogP) is 3.26. The molecule has 3 aromatic rings. The van der Waals surface area contributed by atoms with Crippen molar-refractivity contribution in [2.24, 2.45) is 0 Å². The van der Waals surface area contributed by atoms with Gasteiger partial charge < -0.3 is 14.5 Å². The van der Waals surface area contributed by atoms with Crippen LogP contribution in [-0.2, 0) is 17.8 Å². The lowest BCUT2D eigenvalue weighted by Crippen LogP contribution is -2.54. The highest BCUT2D eigenvalue weighted by Gasteiger charge is 2.39. The van der Waals surface area contributed by atoms with Gasteiger partial charge in [0, 0.05) is 35.4 Å². The number of carbonyl (C=O) groups excluding carboxylic acids is 2. The number of halogens is 2. The third-order valence-corrected chi connectivity index (χ3v) is 6.38. The van der Waals surface area contributed by atoms with Crippen LogP contribution in [-0.4, -0.2) is 52.7 Å². The maximum absolute atomic E-state index is 14.0. The van der Waals surface area contributed by atoms with Gasteiger partial charge in [0.1, 0.15) is 24.2 Å². The molecule has 0 spiro atoms. The van der Waals surface area contributed by atoms with Crippen molar-refractivity contribution in [2.45, 2.75) is 19.0 Å². The second kappa shape index (κ2) is 8.05. The number of amides is 2. The van der Waals surface area contributed by atoms with Crippen molar-refractivity contribution in [3.8, 4) is 5.75 Å². The molecule has 32 heavy (non-hydrogen) atoms. The molecule has 2 amide bonds. The zero-order valence-electron chi connectivity index (χ0n) is 17.3. The molecule has 7 nitrogen and oxygen atoms in total. The molecular weight excluding hydrogens is 479 g/mol. The molecular formula is C23H20BrFN4O3. The monoisotopic (exact) mass is 498 g/mol. The second-order valence-corrected chi connectivity index (χ2v) is 8.79. The van der Waals surface area contributed by atoms with Crippen LogP contribution in [0.3, 0.4) is 0 Å². The number of hydrogen-bond acceptors (Lipinski definition) is 4. The first-order chi connectivity index (χ1) is 15.4. The van der Waals surface area contributed by atoms with E-state index in [1.54, 1.807) is 42.2 Å². The Hall–Kier alpha value is -3.20. The van der Waals surface area contributed by atoms with Gasteiger partial charge in [-0.2, -0.15) is 5.10 Å². The van der Waals surface area contributed by atoms with Gasteiger partial charge in [0.25, 0.3) is 11.8 Å². The standard InChI is InChI=1S/C23H20BrFN4O3/c1-27-18-7-6-16(24)10-20(18)32-13-19(22(27)30)29-9-8-15-12-28(26-21(15)23(29)31)11-14-4-2-3-5-17(14)25/h2-7,10,12,19H,8-9,11,13H2,1H3/t19-/m0/s1. The number of rotatable bonds is 3. The molecule has 1 atom stereocenters. The molecule has 0 unspecified atom stereocenters. The highest BCUT2D eigenvalue weighted by molar-refractivity contribution is 9.10. The molecule has 3 heterocycles. The lowest BCUT2D eigenvalue weighted by molar-refractivity contribution is -0.123. The predicted molar refractivity (Wildman–Crippen MR) is 119 cm³/mol. The first-order valence-electron chi connectivity index (χ1n) is 10.2. The largest absolute Gasteiger partial charge is 0.489 e. The summed E-state index contributed by atoms with van der Waals surface area (Å²) in [5.74, 6) is -0.268. The van der Waals surface area contributed by atoms with Crippen LogP contribution in [0.5, 0.6) is 5.75 Å². The van der Waals surface area contributed by atoms with Gasteiger partial charge >= 0.3 is 0 Å². The van der Waals surface area contributed by atoms with E-state index >= 15 is 0 Å². The minimum absolute atomic E-state index is 0.0592. The number of anilines is 1. The van der Waals surface area contributed by atoms with Crippen LogP contribution < -0.4 is 9.64 Å². The van der Waals surface area contributed by atoms with Gasteiger partial charge in [-0.05, 0) is 30.7 Å². The van der Waals surface area contributed by atoms with E-state index in [4.69, 9.17) is 4.74 Å². The van der Waals surface area contributed by atoms with E-state index in [1.807, 2.05) is 12.1 Å². The molecule has 0 aliphatic carbocycles. The Kier molecular flexibility index (Phi) is 5.21. The zero-order chi connectivity index (χ0) is 22.4. The minimum Gasteiger partial charge on any atom is -0.489 e. The summed E-state index contributed by atoms with van der Waals surface area (Å²) in [5, 5.41) is 4.42. The van der Waals surface area contributed by atoms with Crippen molar-refractivity contribution < 1.29 is 18.7 Å². The van der Waals surface area contributed by atoms with Gasteiger partial charge in [0.15, 0.2) is 5.69 Å². The van der Waals surface area contributed by atoms with Crippen LogP contribution in [0.2, 0.25) is 0 Å². The summed E-state index contributed by atoms with van der Waals surface area (Å²) in [6.45, 7) is 0.667. The SMILES string of the molecule is CN1C(=O)[C@@H](N2CCc3cn(Cc4ccccc4F)nc3C2=O)COc2cc(Br)ccc21. The van der Waals surface area contributed by atoms with Gasteiger partial charge in [-0.25, -0.2) is 4.39 Å². The number of likely N-dealkylation sites (N-methyl/N-ethyl adjacent to an activating group) is 1. The third-order valence-electron chi connectivity index (χ3n) is 5.88. The van der Waals surface area contributed by atoms with Crippen molar-refractivity contribution in [1.29, 1.82) is 0 Å². The number of fused-ring (bicyclic) bond motifs is 2. The molecule has 9 heteroatoms. The first kappa shape index (κ1) is 20.7. The minimum atomic E-state index is -0.761. The lowest BCUT2D eigenvalue weighted by atomic mass is 10.0. The van der Waals surface area contributed by atoms with Gasteiger partial charge in [-0.1, -0.05) is 34.1 Å². The van der Waals surface area contributed by atoms with E-state index in [1.165, 1.54) is 15.9 Å². The molecule has 0 saturated heterocycles. The molecule has 2 aliphatic rings. The van der Waals surface area contributed by atoms with Gasteiger partial charge in [0.2, 0.25) is 0 Å². The quantitative estimate of drug-likeness (QED) is 0.555. The molecule has 0 fully saturated rings. The molecule has 0 saturated carbocycles. The maximum Gasteiger partial charge on any atom is 0.275 e. The van der Waals surface area contributed by atoms with E-state index in [9.17, 15) is 14.0 Å². The average Bonchev–Trinajstić information content (AvgIpc) is 3.15. The van der Waals surface area contributed by atoms with Crippen LogP contribution in [0.25, 0.3) is 0 Å². The summed E-state index contributed by atoms with van der Waals surface area (Å²) in [6, 6.07) is 11.2. The van der Waals surface area contributed by atoms with Gasteiger partial charge in [-0.15, -0.1) is 0 Å². The smallest absolute Gasteiger partial charge is 0.275 e. The summed E-state index contributed by atoms with van der Waals surface area (Å²) in [4.78, 5) is 29.5. The Morgan fingerprint density at radius 2 is 2.03 bits per heavy atom. The number of aromatic nitrogens is 2. The summed E-state index contributed by atoms with van der Waals surface area (Å²) in [5.41, 5.74) is 2.24. The Morgan fingerprint density at radius 3 is 2.84 bits per heavy atom. The van der Waals surface area contributed by atoms with E-state index in [2.05, 4.69) is 21.0 Å². The average molecular weight is 499 g/mol. The second-order valence-electron chi connectivity index (χ2n) is 7.88. The fraction of sp³-hybridized carbons (Fsp3) is 0.261. The van der Waals surface area contributed by atoms with Crippen LogP contribution in [0.4, 0.5) is 10.1 Å². The van der Waals surface area contributed by atoms with E-state index in [0.717, 1.165) is 10.0 Å². The van der Waals surface area contributed by atoms with Crippen LogP contribution in [0.1, 0.15) is 21.6 Å². The Labute approximate surface area is 192 Å². The lowest BCUT2D eigenvalue weighted by Gasteiger charge is -2.33. The van der Waals surface area contributed by atoms with Gasteiger partial charge in [0.05, 0.1) is 12.2 Å². The van der Waals surface area contributed by atoms with Crippen molar-refractivity contribution in [3.05, 3.63) is 75.8 Å². The summed E-state index contributed by atoms with van der Waals surface area (Å²) >= 11 is 3.42. The fourth-order valence-electron chi connectivity index (χ4n) is 4.17. The van der Waals surface area contributed by atoms with Crippen LogP contribution >= 0.6 is 15.9 Å². The van der Waals surface area contributed by atoms with Crippen LogP contribution in [0.15, 0.2) is 53.1 Å². The van der Waals surface area contributed by atoms with Crippen molar-refractivity contribution >= 4 is 33.4 Å². The maximum atomic E-state index is 14.0. The highest BCUT2D eigenvalue weighted by Crippen LogP contribution is 2.34. The third kappa shape index (κ3) is 3.56. The van der Waals surface area contributed by atoms with E-state index < -0.39 is 6.04 Å². The van der Waals surface area contributed by atoms with Crippen molar-refractivity contribution in [3.63, 3.8) is 0 Å². The van der Waals surface area contributed by atoms with E-state index in [-0.39, 0.29) is 30.8 Å². The van der Waals surface area contributed by atoms with Crippen molar-refractivity contribution in [1.82, 2.24) is 14.7 Å². The normalized spacial score (nSPS) is 18.2. The van der Waals surface area contributed by atoms with Gasteiger partial charge in [-0.3, -0.25) is 14.3 Å². The molecule has 2 aliphatic heterocycles. The molecule has 0 bridgehead atoms. The summed E-state index contributed by atoms with van der Waals surface area (Å²) in [6.07, 6.45) is 2.34. The van der Waals surface area contributed by atoms with E-state index in [0.29, 0.717) is 35.7 Å². The number of nitrogens with zero attached hydrogens (tertiary/aromatic N) is 4. The molecule has 1 aromatic heterocycles. The fourth-order valence-corrected chi connectivity index (χ4v) is 4.51. The molecule has 5 rings (SSSR count). The Bertz CT molecular complexity index is 1230. The Morgan fingerprint density at radius 1 is 1.22 bits per heavy atom. The molecule has 0 N–H and O–H groups in total. The number of ether oxygens (including phenoxy) is 1. The molecule has 164 valence electrons. The number of benzene rings is 2. The highest BCUT2D eigenvalue weighted by atomic mass is 79.9. The molecule has 0 radical (unpaired) electrons. The summed E-state index contributed by atoms with van der Waals surface area (Å²) in [7, 11) is 1.68. The van der Waals surface area contributed by atoms with Crippen molar-refractivity contribution in [2.75, 3.05) is 25.1 Å². The zero-order valence-corrected chi connectivity index (χ0v) is 18.9. The number of carbonyl (C=O) groups is 2. The van der Waals surface area contributed by atoms with Crippen LogP contribution in [0, 0.1) is 5.82 Å². The number of hydrogen-bond donors (Lipinski definition) is 0. The topological polar surface area (TPSA) is 67.7 Å². The molecule has 2 aromatic carbocycles. The summed E-state index contributed by atoms with van der Waals surface area (Å²) < 4.78 is 22.4. The Balaban J connectivity index is 1.39.